The van der Waals surface area contributed by atoms with Crippen LogP contribution in [0, 0.1) is 0 Å². The van der Waals surface area contributed by atoms with Crippen LogP contribution in [-0.2, 0) is 24.3 Å². The molecule has 0 aliphatic carbocycles. The fourth-order valence-corrected chi connectivity index (χ4v) is 3.69. The molecule has 29 heavy (non-hydrogen) atoms. The predicted octanol–water partition coefficient (Wildman–Crippen LogP) is 8.09. The zero-order chi connectivity index (χ0) is 20.3. The topological polar surface area (TPSA) is 34.1 Å². The number of hydrogen-bond acceptors (Lipinski definition) is 2. The van der Waals surface area contributed by atoms with E-state index in [1.807, 2.05) is 18.2 Å². The Balaban J connectivity index is 0.00000784. The Morgan fingerprint density at radius 1 is 0.621 bits per heavy atom. The quantitative estimate of drug-likeness (QED) is 0.0921. The molecule has 0 aliphatic heterocycles. The molecule has 0 saturated heterocycles. The van der Waals surface area contributed by atoms with Crippen LogP contribution in [-0.4, -0.2) is 11.6 Å². The van der Waals surface area contributed by atoms with Crippen molar-refractivity contribution in [3.05, 3.63) is 35.9 Å². The largest absolute Gasteiger partial charge is 2.00 e. The van der Waals surface area contributed by atoms with Crippen LogP contribution >= 0.6 is 0 Å². The molecule has 0 saturated carbocycles. The summed E-state index contributed by atoms with van der Waals surface area (Å²) in [5.74, 6) is 0.0371. The Morgan fingerprint density at radius 3 is 1.48 bits per heavy atom. The summed E-state index contributed by atoms with van der Waals surface area (Å²) in [5, 5.41) is 0. The molecule has 0 unspecified atom stereocenters. The Morgan fingerprint density at radius 2 is 1.03 bits per heavy atom. The van der Waals surface area contributed by atoms with Crippen molar-refractivity contribution < 1.29 is 29.1 Å². The monoisotopic (exact) mass is 450 g/mol. The smallest absolute Gasteiger partial charge is 0.299 e. The van der Waals surface area contributed by atoms with Gasteiger partial charge in [-0.1, -0.05) is 127 Å². The second kappa shape index (κ2) is 20.5. The molecule has 0 radical (unpaired) electrons. The SMILES string of the molecule is CCCCCCCCCCCCCCCCCC(=O)CC(=O)c1ccccc1.[Zn+2]. The third-order valence-corrected chi connectivity index (χ3v) is 5.51. The predicted molar refractivity (Wildman–Crippen MR) is 120 cm³/mol. The van der Waals surface area contributed by atoms with Gasteiger partial charge in [-0.15, -0.1) is 0 Å². The summed E-state index contributed by atoms with van der Waals surface area (Å²) in [6.07, 6.45) is 20.5. The molecule has 0 N–H and O–H groups in total. The fourth-order valence-electron chi connectivity index (χ4n) is 3.69. The molecule has 0 fully saturated rings. The van der Waals surface area contributed by atoms with Crippen LogP contribution in [0.25, 0.3) is 0 Å². The molecule has 158 valence electrons. The van der Waals surface area contributed by atoms with Crippen molar-refractivity contribution in [2.24, 2.45) is 0 Å². The van der Waals surface area contributed by atoms with Crippen LogP contribution in [0.5, 0.6) is 0 Å². The summed E-state index contributed by atoms with van der Waals surface area (Å²) in [5.41, 5.74) is 0.646. The van der Waals surface area contributed by atoms with E-state index in [0.29, 0.717) is 12.0 Å². The van der Waals surface area contributed by atoms with Crippen LogP contribution in [0.4, 0.5) is 0 Å². The van der Waals surface area contributed by atoms with E-state index in [-0.39, 0.29) is 37.5 Å². The maximum Gasteiger partial charge on any atom is 2.00 e. The molecule has 1 aromatic carbocycles. The first-order valence-electron chi connectivity index (χ1n) is 11.8. The van der Waals surface area contributed by atoms with E-state index in [1.165, 1.54) is 83.5 Å². The van der Waals surface area contributed by atoms with E-state index >= 15 is 0 Å². The van der Waals surface area contributed by atoms with Gasteiger partial charge in [0.05, 0.1) is 6.42 Å². The third kappa shape index (κ3) is 16.6. The molecule has 1 rings (SSSR count). The molecular weight excluding hydrogens is 410 g/mol. The molecular formula is C26H42O2Zn+2. The molecule has 0 aromatic heterocycles. The minimum absolute atomic E-state index is 0. The minimum Gasteiger partial charge on any atom is -0.299 e. The van der Waals surface area contributed by atoms with Gasteiger partial charge in [0.25, 0.3) is 0 Å². The van der Waals surface area contributed by atoms with Crippen molar-refractivity contribution in [3.63, 3.8) is 0 Å². The van der Waals surface area contributed by atoms with Gasteiger partial charge in [0.1, 0.15) is 5.78 Å². The van der Waals surface area contributed by atoms with E-state index in [0.717, 1.165) is 12.8 Å². The van der Waals surface area contributed by atoms with Crippen molar-refractivity contribution in [3.8, 4) is 0 Å². The second-order valence-corrected chi connectivity index (χ2v) is 8.20. The van der Waals surface area contributed by atoms with E-state index in [4.69, 9.17) is 0 Å². The first-order chi connectivity index (χ1) is 13.7. The molecule has 0 spiro atoms. The number of unbranched alkanes of at least 4 members (excludes halogenated alkanes) is 14. The summed E-state index contributed by atoms with van der Waals surface area (Å²) in [6.45, 7) is 2.27. The zero-order valence-electron chi connectivity index (χ0n) is 18.9. The molecule has 0 amide bonds. The standard InChI is InChI=1S/C26H42O2.Zn/c1-2-3-4-5-6-7-8-9-10-11-12-13-14-15-19-22-25(27)23-26(28)24-20-17-16-18-21-24;/h16-18,20-21H,2-15,19,22-23H2,1H3;/q;+2. The Hall–Kier alpha value is -0.817. The number of rotatable bonds is 19. The molecule has 0 heterocycles. The normalized spacial score (nSPS) is 10.5. The Kier molecular flexibility index (Phi) is 19.9. The average Bonchev–Trinajstić information content (AvgIpc) is 2.71. The van der Waals surface area contributed by atoms with E-state index in [9.17, 15) is 9.59 Å². The molecule has 0 bridgehead atoms. The summed E-state index contributed by atoms with van der Waals surface area (Å²) in [7, 11) is 0. The summed E-state index contributed by atoms with van der Waals surface area (Å²) in [4.78, 5) is 23.9. The molecule has 2 nitrogen and oxygen atoms in total. The van der Waals surface area contributed by atoms with Gasteiger partial charge in [-0.25, -0.2) is 0 Å². The first kappa shape index (κ1) is 28.2. The van der Waals surface area contributed by atoms with Gasteiger partial charge in [0, 0.05) is 12.0 Å². The van der Waals surface area contributed by atoms with E-state index < -0.39 is 0 Å². The average molecular weight is 452 g/mol. The van der Waals surface area contributed by atoms with Crippen molar-refractivity contribution >= 4 is 11.6 Å². The van der Waals surface area contributed by atoms with Crippen LogP contribution in [0.15, 0.2) is 30.3 Å². The van der Waals surface area contributed by atoms with Gasteiger partial charge in [0.15, 0.2) is 5.78 Å². The van der Waals surface area contributed by atoms with E-state index in [2.05, 4.69) is 6.92 Å². The molecule has 0 atom stereocenters. The van der Waals surface area contributed by atoms with Crippen molar-refractivity contribution in [2.45, 2.75) is 116 Å². The maximum atomic E-state index is 12.0. The van der Waals surface area contributed by atoms with Gasteiger partial charge >= 0.3 is 19.5 Å². The molecule has 3 heteroatoms. The third-order valence-electron chi connectivity index (χ3n) is 5.51. The second-order valence-electron chi connectivity index (χ2n) is 8.20. The van der Waals surface area contributed by atoms with Crippen LogP contribution in [0.1, 0.15) is 126 Å². The fraction of sp³-hybridized carbons (Fsp3) is 0.692. The van der Waals surface area contributed by atoms with E-state index in [1.54, 1.807) is 12.1 Å². The number of Topliss-reactive ketones (excluding diaryl/α,β-unsaturated/α-hetero) is 2. The minimum atomic E-state index is -0.0495. The van der Waals surface area contributed by atoms with Gasteiger partial charge in [-0.2, -0.15) is 0 Å². The van der Waals surface area contributed by atoms with Gasteiger partial charge in [0.2, 0.25) is 0 Å². The first-order valence-corrected chi connectivity index (χ1v) is 11.8. The Labute approximate surface area is 192 Å². The number of benzene rings is 1. The van der Waals surface area contributed by atoms with Crippen LogP contribution < -0.4 is 0 Å². The number of carbonyl (C=O) groups is 2. The molecule has 1 aromatic rings. The Bertz CT molecular complexity index is 513. The maximum absolute atomic E-state index is 12.0. The number of ketones is 2. The van der Waals surface area contributed by atoms with Crippen LogP contribution in [0.2, 0.25) is 0 Å². The van der Waals surface area contributed by atoms with Crippen molar-refractivity contribution in [1.29, 1.82) is 0 Å². The van der Waals surface area contributed by atoms with Crippen molar-refractivity contribution in [2.75, 3.05) is 0 Å². The summed E-state index contributed by atoms with van der Waals surface area (Å²) < 4.78 is 0. The van der Waals surface area contributed by atoms with Crippen LogP contribution in [0.3, 0.4) is 0 Å². The molecule has 0 aliphatic rings. The number of hydrogen-bond donors (Lipinski definition) is 0. The number of carbonyl (C=O) groups excluding carboxylic acids is 2. The zero-order valence-corrected chi connectivity index (χ0v) is 21.9. The van der Waals surface area contributed by atoms with Gasteiger partial charge in [-0.05, 0) is 6.42 Å². The van der Waals surface area contributed by atoms with Gasteiger partial charge in [-0.3, -0.25) is 9.59 Å². The van der Waals surface area contributed by atoms with Gasteiger partial charge < -0.3 is 0 Å². The van der Waals surface area contributed by atoms with Crippen molar-refractivity contribution in [1.82, 2.24) is 0 Å². The summed E-state index contributed by atoms with van der Waals surface area (Å²) >= 11 is 0. The summed E-state index contributed by atoms with van der Waals surface area (Å²) in [6, 6.07) is 9.12.